The van der Waals surface area contributed by atoms with Crippen LogP contribution in [0.1, 0.15) is 28.5 Å². The molecule has 4 heteroatoms. The van der Waals surface area contributed by atoms with Crippen molar-refractivity contribution in [3.63, 3.8) is 0 Å². The molecule has 2 heterocycles. The number of carbonyl (C=O) groups is 1. The van der Waals surface area contributed by atoms with Gasteiger partial charge in [-0.3, -0.25) is 4.98 Å². The molecule has 0 bridgehead atoms. The third kappa shape index (κ3) is 1.85. The van der Waals surface area contributed by atoms with Crippen LogP contribution in [0.15, 0.2) is 30.3 Å². The lowest BCUT2D eigenvalue weighted by Crippen LogP contribution is -2.12. The van der Waals surface area contributed by atoms with Crippen LogP contribution in [0.25, 0.3) is 11.3 Å². The summed E-state index contributed by atoms with van der Waals surface area (Å²) in [6.07, 6.45) is 0.595. The average Bonchev–Trinajstić information content (AvgIpc) is 2.45. The normalized spacial score (nSPS) is 12.3. The van der Waals surface area contributed by atoms with Gasteiger partial charge in [-0.15, -0.1) is 0 Å². The summed E-state index contributed by atoms with van der Waals surface area (Å²) in [5.74, 6) is -0.140. The van der Waals surface area contributed by atoms with E-state index in [0.29, 0.717) is 18.7 Å². The van der Waals surface area contributed by atoms with Gasteiger partial charge in [0.15, 0.2) is 0 Å². The van der Waals surface area contributed by atoms with E-state index in [1.165, 1.54) is 0 Å². The standard InChI is InChI=1S/C15H13NO3/c1-2-12-11(15(17)18)7-9-8-19-13-6-4-3-5-10(13)14(9)16-12/h3-7H,2,8H2,1H3,(H,17,18). The third-order valence-electron chi connectivity index (χ3n) is 3.27. The van der Waals surface area contributed by atoms with Crippen LogP contribution in [-0.4, -0.2) is 16.1 Å². The van der Waals surface area contributed by atoms with Crippen molar-refractivity contribution in [2.45, 2.75) is 20.0 Å². The van der Waals surface area contributed by atoms with Gasteiger partial charge in [-0.2, -0.15) is 0 Å². The Balaban J connectivity index is 2.24. The van der Waals surface area contributed by atoms with Gasteiger partial charge in [0.25, 0.3) is 0 Å². The van der Waals surface area contributed by atoms with E-state index in [9.17, 15) is 9.90 Å². The maximum atomic E-state index is 11.2. The fraction of sp³-hybridized carbons (Fsp3) is 0.200. The summed E-state index contributed by atoms with van der Waals surface area (Å²) in [4.78, 5) is 15.8. The van der Waals surface area contributed by atoms with Gasteiger partial charge in [0.1, 0.15) is 12.4 Å². The number of carboxylic acid groups (broad SMARTS) is 1. The van der Waals surface area contributed by atoms with Crippen molar-refractivity contribution in [2.24, 2.45) is 0 Å². The Morgan fingerprint density at radius 1 is 1.42 bits per heavy atom. The van der Waals surface area contributed by atoms with Crippen molar-refractivity contribution >= 4 is 5.97 Å². The molecule has 0 saturated carbocycles. The summed E-state index contributed by atoms with van der Waals surface area (Å²) in [5.41, 5.74) is 3.47. The minimum Gasteiger partial charge on any atom is -0.488 e. The summed E-state index contributed by atoms with van der Waals surface area (Å²) in [5, 5.41) is 9.21. The fourth-order valence-electron chi connectivity index (χ4n) is 2.33. The highest BCUT2D eigenvalue weighted by atomic mass is 16.5. The van der Waals surface area contributed by atoms with Gasteiger partial charge in [0, 0.05) is 11.1 Å². The molecule has 1 aliphatic heterocycles. The number of rotatable bonds is 2. The van der Waals surface area contributed by atoms with Crippen molar-refractivity contribution in [1.82, 2.24) is 4.98 Å². The minimum atomic E-state index is -0.939. The van der Waals surface area contributed by atoms with E-state index in [4.69, 9.17) is 4.74 Å². The Morgan fingerprint density at radius 3 is 2.95 bits per heavy atom. The molecule has 4 nitrogen and oxygen atoms in total. The molecule has 0 atom stereocenters. The Labute approximate surface area is 110 Å². The SMILES string of the molecule is CCc1nc2c(cc1C(=O)O)COc1ccccc1-2. The number of aromatic carboxylic acids is 1. The average molecular weight is 255 g/mol. The molecular formula is C15H13NO3. The number of hydrogen-bond acceptors (Lipinski definition) is 3. The Morgan fingerprint density at radius 2 is 2.21 bits per heavy atom. The molecule has 0 aliphatic carbocycles. The van der Waals surface area contributed by atoms with Crippen LogP contribution in [-0.2, 0) is 13.0 Å². The van der Waals surface area contributed by atoms with Crippen molar-refractivity contribution in [3.8, 4) is 17.0 Å². The van der Waals surface area contributed by atoms with E-state index in [1.54, 1.807) is 6.07 Å². The van der Waals surface area contributed by atoms with Crippen LogP contribution in [0, 0.1) is 0 Å². The lowest BCUT2D eigenvalue weighted by molar-refractivity contribution is 0.0695. The van der Waals surface area contributed by atoms with Crippen molar-refractivity contribution in [2.75, 3.05) is 0 Å². The Bertz CT molecular complexity index is 664. The fourth-order valence-corrected chi connectivity index (χ4v) is 2.33. The van der Waals surface area contributed by atoms with Crippen LogP contribution in [0.3, 0.4) is 0 Å². The first-order chi connectivity index (χ1) is 9.20. The molecule has 0 spiro atoms. The molecule has 96 valence electrons. The number of fused-ring (bicyclic) bond motifs is 3. The highest BCUT2D eigenvalue weighted by Crippen LogP contribution is 2.36. The molecule has 0 amide bonds. The second kappa shape index (κ2) is 4.39. The van der Waals surface area contributed by atoms with E-state index in [2.05, 4.69) is 4.98 Å². The van der Waals surface area contributed by atoms with Crippen LogP contribution in [0.2, 0.25) is 0 Å². The first-order valence-electron chi connectivity index (χ1n) is 6.19. The smallest absolute Gasteiger partial charge is 0.337 e. The van der Waals surface area contributed by atoms with Crippen molar-refractivity contribution < 1.29 is 14.6 Å². The molecule has 0 unspecified atom stereocenters. The first kappa shape index (κ1) is 11.7. The van der Waals surface area contributed by atoms with Gasteiger partial charge in [0.05, 0.1) is 17.0 Å². The second-order valence-electron chi connectivity index (χ2n) is 4.43. The van der Waals surface area contributed by atoms with Crippen molar-refractivity contribution in [1.29, 1.82) is 0 Å². The molecule has 19 heavy (non-hydrogen) atoms. The monoisotopic (exact) mass is 255 g/mol. The molecule has 0 fully saturated rings. The van der Waals surface area contributed by atoms with E-state index >= 15 is 0 Å². The van der Waals surface area contributed by atoms with E-state index in [0.717, 1.165) is 22.6 Å². The number of nitrogens with zero attached hydrogens (tertiary/aromatic N) is 1. The van der Waals surface area contributed by atoms with Gasteiger partial charge < -0.3 is 9.84 Å². The molecule has 2 aromatic rings. The first-order valence-corrected chi connectivity index (χ1v) is 6.19. The maximum absolute atomic E-state index is 11.2. The number of aryl methyl sites for hydroxylation is 1. The summed E-state index contributed by atoms with van der Waals surface area (Å²) in [6.45, 7) is 2.27. The van der Waals surface area contributed by atoms with Crippen molar-refractivity contribution in [3.05, 3.63) is 47.2 Å². The molecule has 0 saturated heterocycles. The minimum absolute atomic E-state index is 0.268. The van der Waals surface area contributed by atoms with Crippen LogP contribution < -0.4 is 4.74 Å². The number of pyridine rings is 1. The Kier molecular flexibility index (Phi) is 2.71. The van der Waals surface area contributed by atoms with Crippen LogP contribution in [0.4, 0.5) is 0 Å². The zero-order chi connectivity index (χ0) is 13.4. The lowest BCUT2D eigenvalue weighted by Gasteiger charge is -2.21. The van der Waals surface area contributed by atoms with Crippen LogP contribution in [0.5, 0.6) is 5.75 Å². The number of aromatic nitrogens is 1. The topological polar surface area (TPSA) is 59.4 Å². The molecule has 1 aromatic heterocycles. The summed E-state index contributed by atoms with van der Waals surface area (Å²) < 4.78 is 5.63. The number of ether oxygens (including phenoxy) is 1. The summed E-state index contributed by atoms with van der Waals surface area (Å²) in [7, 11) is 0. The summed E-state index contributed by atoms with van der Waals surface area (Å²) >= 11 is 0. The van der Waals surface area contributed by atoms with Gasteiger partial charge in [-0.25, -0.2) is 4.79 Å². The number of para-hydroxylation sites is 1. The molecule has 1 aromatic carbocycles. The van der Waals surface area contributed by atoms with Gasteiger partial charge in [-0.05, 0) is 24.6 Å². The van der Waals surface area contributed by atoms with Gasteiger partial charge >= 0.3 is 5.97 Å². The summed E-state index contributed by atoms with van der Waals surface area (Å²) in [6, 6.07) is 9.36. The van der Waals surface area contributed by atoms with E-state index in [-0.39, 0.29) is 5.56 Å². The zero-order valence-electron chi connectivity index (χ0n) is 10.5. The predicted molar refractivity (Wildman–Crippen MR) is 70.3 cm³/mol. The maximum Gasteiger partial charge on any atom is 0.337 e. The number of benzene rings is 1. The van der Waals surface area contributed by atoms with E-state index in [1.807, 2.05) is 31.2 Å². The van der Waals surface area contributed by atoms with Crippen LogP contribution >= 0.6 is 0 Å². The highest BCUT2D eigenvalue weighted by molar-refractivity contribution is 5.90. The van der Waals surface area contributed by atoms with E-state index < -0.39 is 5.97 Å². The third-order valence-corrected chi connectivity index (χ3v) is 3.27. The Hall–Kier alpha value is -2.36. The lowest BCUT2D eigenvalue weighted by atomic mass is 9.99. The largest absolute Gasteiger partial charge is 0.488 e. The second-order valence-corrected chi connectivity index (χ2v) is 4.43. The molecule has 1 N–H and O–H groups in total. The highest BCUT2D eigenvalue weighted by Gasteiger charge is 2.22. The molecule has 1 aliphatic rings. The number of hydrogen-bond donors (Lipinski definition) is 1. The molecular weight excluding hydrogens is 242 g/mol. The quantitative estimate of drug-likeness (QED) is 0.896. The van der Waals surface area contributed by atoms with Gasteiger partial charge in [-0.1, -0.05) is 19.1 Å². The predicted octanol–water partition coefficient (Wildman–Crippen LogP) is 2.90. The zero-order valence-corrected chi connectivity index (χ0v) is 10.5. The molecule has 0 radical (unpaired) electrons. The number of carboxylic acids is 1. The molecule has 3 rings (SSSR count). The van der Waals surface area contributed by atoms with Gasteiger partial charge in [0.2, 0.25) is 0 Å².